The number of ether oxygens (including phenoxy) is 2. The highest BCUT2D eigenvalue weighted by molar-refractivity contribution is 6.05. The lowest BCUT2D eigenvalue weighted by Gasteiger charge is -2.15. The number of nitrogens with one attached hydrogen (secondary N) is 2. The van der Waals surface area contributed by atoms with Gasteiger partial charge < -0.3 is 9.47 Å². The van der Waals surface area contributed by atoms with Crippen LogP contribution >= 0.6 is 0 Å². The van der Waals surface area contributed by atoms with Crippen LogP contribution in [-0.2, 0) is 0 Å². The van der Waals surface area contributed by atoms with Crippen molar-refractivity contribution in [1.29, 1.82) is 0 Å². The van der Waals surface area contributed by atoms with Crippen LogP contribution in [0.5, 0.6) is 11.5 Å². The van der Waals surface area contributed by atoms with Crippen LogP contribution in [0, 0.1) is 0 Å². The van der Waals surface area contributed by atoms with Crippen molar-refractivity contribution in [3.8, 4) is 11.5 Å². The predicted molar refractivity (Wildman–Crippen MR) is 138 cm³/mol. The summed E-state index contributed by atoms with van der Waals surface area (Å²) < 4.78 is 10.5. The summed E-state index contributed by atoms with van der Waals surface area (Å²) in [6.07, 6.45) is 0. The summed E-state index contributed by atoms with van der Waals surface area (Å²) in [5.41, 5.74) is 9.99. The van der Waals surface area contributed by atoms with Crippen molar-refractivity contribution in [2.75, 3.05) is 14.2 Å². The average molecular weight is 451 g/mol. The summed E-state index contributed by atoms with van der Waals surface area (Å²) >= 11 is 0. The predicted octanol–water partition coefficient (Wildman–Crippen LogP) is 5.65. The highest BCUT2D eigenvalue weighted by atomic mass is 16.5. The molecule has 0 aromatic heterocycles. The Morgan fingerprint density at radius 2 is 0.853 bits per heavy atom. The normalized spacial score (nSPS) is 11.6. The fourth-order valence-corrected chi connectivity index (χ4v) is 3.21. The van der Waals surface area contributed by atoms with Crippen LogP contribution in [0.4, 0.5) is 11.4 Å². The van der Waals surface area contributed by atoms with Crippen molar-refractivity contribution in [3.05, 3.63) is 120 Å². The van der Waals surface area contributed by atoms with Gasteiger partial charge in [0.05, 0.1) is 25.6 Å². The molecule has 4 aromatic rings. The Hall–Kier alpha value is -4.58. The minimum absolute atomic E-state index is 0.657. The van der Waals surface area contributed by atoms with E-state index in [1.807, 2.05) is 109 Å². The molecular weight excluding hydrogens is 424 g/mol. The molecule has 0 radical (unpaired) electrons. The zero-order chi connectivity index (χ0) is 23.6. The monoisotopic (exact) mass is 450 g/mol. The third-order valence-electron chi connectivity index (χ3n) is 5.02. The molecule has 2 N–H and O–H groups in total. The summed E-state index contributed by atoms with van der Waals surface area (Å²) in [7, 11) is 3.29. The van der Waals surface area contributed by atoms with Crippen LogP contribution in [0.3, 0.4) is 0 Å². The highest BCUT2D eigenvalue weighted by Gasteiger charge is 2.08. The molecule has 0 spiro atoms. The Balaban J connectivity index is 1.65. The molecule has 0 saturated heterocycles. The zero-order valence-corrected chi connectivity index (χ0v) is 19.1. The highest BCUT2D eigenvalue weighted by Crippen LogP contribution is 2.20. The van der Waals surface area contributed by atoms with E-state index in [2.05, 4.69) is 10.9 Å². The van der Waals surface area contributed by atoms with Gasteiger partial charge in [0.1, 0.15) is 11.5 Å². The van der Waals surface area contributed by atoms with Crippen molar-refractivity contribution >= 4 is 23.0 Å². The van der Waals surface area contributed by atoms with Gasteiger partial charge in [0.15, 0.2) is 11.7 Å². The quantitative estimate of drug-likeness (QED) is 0.226. The number of methoxy groups -OCH3 is 2. The Labute approximate surface area is 199 Å². The molecule has 0 aliphatic carbocycles. The van der Waals surface area contributed by atoms with E-state index in [0.29, 0.717) is 11.7 Å². The number of nitrogens with zero attached hydrogens (tertiary/aromatic N) is 2. The Bertz CT molecular complexity index is 1140. The standard InChI is InChI=1S/C28H26N4O2/c1-33-25-17-13-23(14-18-25)29-27(21-9-5-3-6-10-21)31-32-28(22-11-7-4-8-12-22)30-24-15-19-26(34-2)20-16-24/h3-20H,1-2H3,(H,29,31)(H,30,32). The Morgan fingerprint density at radius 3 is 1.18 bits per heavy atom. The number of hydrazine groups is 1. The zero-order valence-electron chi connectivity index (χ0n) is 19.1. The molecule has 0 unspecified atom stereocenters. The lowest BCUT2D eigenvalue weighted by Crippen LogP contribution is -2.42. The van der Waals surface area contributed by atoms with Gasteiger partial charge in [0.2, 0.25) is 0 Å². The molecule has 34 heavy (non-hydrogen) atoms. The van der Waals surface area contributed by atoms with Crippen molar-refractivity contribution < 1.29 is 9.47 Å². The maximum Gasteiger partial charge on any atom is 0.152 e. The molecule has 6 heteroatoms. The van der Waals surface area contributed by atoms with Gasteiger partial charge in [-0.1, -0.05) is 60.7 Å². The van der Waals surface area contributed by atoms with Gasteiger partial charge in [-0.2, -0.15) is 0 Å². The molecule has 0 aliphatic heterocycles. The molecule has 0 saturated carbocycles. The van der Waals surface area contributed by atoms with E-state index in [4.69, 9.17) is 19.5 Å². The van der Waals surface area contributed by atoms with E-state index < -0.39 is 0 Å². The van der Waals surface area contributed by atoms with Gasteiger partial charge in [-0.3, -0.25) is 10.9 Å². The maximum atomic E-state index is 5.26. The molecule has 0 bridgehead atoms. The first-order valence-corrected chi connectivity index (χ1v) is 10.8. The summed E-state index contributed by atoms with van der Waals surface area (Å²) in [5, 5.41) is 0. The molecule has 0 heterocycles. The number of rotatable bonds is 6. The summed E-state index contributed by atoms with van der Waals surface area (Å²) in [4.78, 5) is 9.63. The molecule has 0 amide bonds. The average Bonchev–Trinajstić information content (AvgIpc) is 2.92. The van der Waals surface area contributed by atoms with Gasteiger partial charge in [-0.25, -0.2) is 9.98 Å². The van der Waals surface area contributed by atoms with Crippen LogP contribution in [0.25, 0.3) is 0 Å². The largest absolute Gasteiger partial charge is 0.497 e. The van der Waals surface area contributed by atoms with E-state index in [9.17, 15) is 0 Å². The van der Waals surface area contributed by atoms with Gasteiger partial charge in [0, 0.05) is 11.1 Å². The fourth-order valence-electron chi connectivity index (χ4n) is 3.21. The molecule has 4 rings (SSSR count). The topological polar surface area (TPSA) is 67.2 Å². The van der Waals surface area contributed by atoms with Crippen molar-refractivity contribution in [2.24, 2.45) is 9.98 Å². The first kappa shape index (κ1) is 22.6. The molecule has 170 valence electrons. The van der Waals surface area contributed by atoms with Crippen LogP contribution < -0.4 is 20.3 Å². The molecule has 6 nitrogen and oxygen atoms in total. The van der Waals surface area contributed by atoms with Crippen molar-refractivity contribution in [3.63, 3.8) is 0 Å². The summed E-state index contributed by atoms with van der Waals surface area (Å²) in [6.45, 7) is 0. The number of benzene rings is 4. The third-order valence-corrected chi connectivity index (χ3v) is 5.02. The molecule has 0 fully saturated rings. The fraction of sp³-hybridized carbons (Fsp3) is 0.0714. The lowest BCUT2D eigenvalue weighted by molar-refractivity contribution is 0.414. The molecule has 0 atom stereocenters. The number of aliphatic imine (C=N–C) groups is 2. The van der Waals surface area contributed by atoms with Crippen LogP contribution in [-0.4, -0.2) is 25.9 Å². The Morgan fingerprint density at radius 1 is 0.500 bits per heavy atom. The first-order chi connectivity index (χ1) is 16.7. The Kier molecular flexibility index (Phi) is 7.54. The van der Waals surface area contributed by atoms with E-state index in [-0.39, 0.29) is 0 Å². The van der Waals surface area contributed by atoms with E-state index in [1.54, 1.807) is 14.2 Å². The molecular formula is C28H26N4O2. The third kappa shape index (κ3) is 6.01. The summed E-state index contributed by atoms with van der Waals surface area (Å²) in [5.74, 6) is 2.88. The number of amidine groups is 2. The molecule has 0 aliphatic rings. The number of hydrogen-bond acceptors (Lipinski definition) is 4. The van der Waals surface area contributed by atoms with E-state index in [1.165, 1.54) is 0 Å². The van der Waals surface area contributed by atoms with Crippen molar-refractivity contribution in [2.45, 2.75) is 0 Å². The van der Waals surface area contributed by atoms with E-state index >= 15 is 0 Å². The van der Waals surface area contributed by atoms with Crippen LogP contribution in [0.1, 0.15) is 11.1 Å². The van der Waals surface area contributed by atoms with Gasteiger partial charge in [-0.05, 0) is 48.5 Å². The first-order valence-electron chi connectivity index (χ1n) is 10.8. The SMILES string of the molecule is COc1ccc(N=C(NNC(=Nc2ccc(OC)cc2)c2ccccc2)c2ccccc2)cc1. The second-order valence-corrected chi connectivity index (χ2v) is 7.30. The van der Waals surface area contributed by atoms with Crippen LogP contribution in [0.2, 0.25) is 0 Å². The van der Waals surface area contributed by atoms with Crippen molar-refractivity contribution in [1.82, 2.24) is 10.9 Å². The minimum Gasteiger partial charge on any atom is -0.497 e. The van der Waals surface area contributed by atoms with E-state index in [0.717, 1.165) is 34.0 Å². The maximum absolute atomic E-state index is 5.26. The summed E-state index contributed by atoms with van der Waals surface area (Å²) in [6, 6.07) is 35.0. The number of hydrogen-bond donors (Lipinski definition) is 2. The van der Waals surface area contributed by atoms with Crippen LogP contribution in [0.15, 0.2) is 119 Å². The van der Waals surface area contributed by atoms with Gasteiger partial charge in [-0.15, -0.1) is 0 Å². The van der Waals surface area contributed by atoms with Gasteiger partial charge in [0.25, 0.3) is 0 Å². The second-order valence-electron chi connectivity index (χ2n) is 7.30. The minimum atomic E-state index is 0.657. The molecule has 4 aromatic carbocycles. The second kappa shape index (κ2) is 11.3. The lowest BCUT2D eigenvalue weighted by atomic mass is 10.2. The smallest absolute Gasteiger partial charge is 0.152 e. The van der Waals surface area contributed by atoms with Gasteiger partial charge >= 0.3 is 0 Å².